The number of nitrogens with one attached hydrogen (secondary N) is 2. The maximum Gasteiger partial charge on any atom is 0.251 e. The Morgan fingerprint density at radius 3 is 2.52 bits per heavy atom. The van der Waals surface area contributed by atoms with E-state index in [1.54, 1.807) is 36.6 Å². The van der Waals surface area contributed by atoms with Crippen LogP contribution in [-0.2, 0) is 10.8 Å². The highest BCUT2D eigenvalue weighted by molar-refractivity contribution is 7.84. The Morgan fingerprint density at radius 2 is 1.91 bits per heavy atom. The van der Waals surface area contributed by atoms with Crippen LogP contribution in [0.3, 0.4) is 0 Å². The van der Waals surface area contributed by atoms with Gasteiger partial charge in [0.25, 0.3) is 5.91 Å². The number of anilines is 1. The van der Waals surface area contributed by atoms with Crippen LogP contribution < -0.4 is 10.6 Å². The third-order valence-corrected chi connectivity index (χ3v) is 4.39. The van der Waals surface area contributed by atoms with E-state index in [0.29, 0.717) is 39.4 Å². The first-order chi connectivity index (χ1) is 11.0. The fraction of sp³-hybridized carbons (Fsp3) is 0.200. The molecule has 0 saturated heterocycles. The Morgan fingerprint density at radius 1 is 1.22 bits per heavy atom. The zero-order valence-electron chi connectivity index (χ0n) is 12.3. The van der Waals surface area contributed by atoms with Gasteiger partial charge < -0.3 is 10.6 Å². The van der Waals surface area contributed by atoms with Crippen LogP contribution in [0.4, 0.5) is 5.82 Å². The van der Waals surface area contributed by atoms with Crippen LogP contribution in [0.25, 0.3) is 0 Å². The van der Waals surface area contributed by atoms with Crippen LogP contribution in [0.1, 0.15) is 10.4 Å². The molecular formula is C15H15Cl2N3O2S. The summed E-state index contributed by atoms with van der Waals surface area (Å²) in [5, 5.41) is 6.68. The second-order valence-corrected chi connectivity index (χ2v) is 6.87. The largest absolute Gasteiger partial charge is 0.367 e. The first-order valence-corrected chi connectivity index (χ1v) is 9.05. The zero-order valence-corrected chi connectivity index (χ0v) is 14.6. The Hall–Kier alpha value is -1.63. The van der Waals surface area contributed by atoms with E-state index in [2.05, 4.69) is 15.6 Å². The maximum atomic E-state index is 12.0. The van der Waals surface area contributed by atoms with Gasteiger partial charge in [-0.05, 0) is 30.3 Å². The second kappa shape index (κ2) is 8.29. The monoisotopic (exact) mass is 371 g/mol. The molecule has 1 atom stereocenters. The number of aromatic nitrogens is 1. The lowest BCUT2D eigenvalue weighted by atomic mass is 10.2. The molecule has 0 aliphatic heterocycles. The number of hydrogen-bond acceptors (Lipinski definition) is 4. The van der Waals surface area contributed by atoms with E-state index < -0.39 is 10.8 Å². The summed E-state index contributed by atoms with van der Waals surface area (Å²) in [6.45, 7) is 0.873. The number of rotatable bonds is 6. The molecule has 23 heavy (non-hydrogen) atoms. The number of halogens is 2. The maximum absolute atomic E-state index is 12.0. The second-order valence-electron chi connectivity index (χ2n) is 4.65. The van der Waals surface area contributed by atoms with Crippen LogP contribution in [0.2, 0.25) is 10.0 Å². The normalized spacial score (nSPS) is 11.8. The summed E-state index contributed by atoms with van der Waals surface area (Å²) < 4.78 is 11.3. The Bertz CT molecular complexity index is 723. The van der Waals surface area contributed by atoms with Gasteiger partial charge in [-0.1, -0.05) is 23.2 Å². The van der Waals surface area contributed by atoms with Gasteiger partial charge in [0.1, 0.15) is 5.82 Å². The van der Waals surface area contributed by atoms with Gasteiger partial charge in [0.05, 0.1) is 10.0 Å². The number of benzene rings is 1. The highest BCUT2D eigenvalue weighted by Crippen LogP contribution is 2.21. The van der Waals surface area contributed by atoms with E-state index in [1.165, 1.54) is 6.20 Å². The third-order valence-electron chi connectivity index (χ3n) is 2.96. The molecular weight excluding hydrogens is 357 g/mol. The molecule has 2 N–H and O–H groups in total. The molecule has 0 spiro atoms. The quantitative estimate of drug-likeness (QED) is 0.765. The molecule has 0 saturated carbocycles. The van der Waals surface area contributed by atoms with Crippen molar-refractivity contribution in [3.05, 3.63) is 52.1 Å². The molecule has 8 heteroatoms. The number of amides is 1. The van der Waals surface area contributed by atoms with E-state index in [-0.39, 0.29) is 5.91 Å². The van der Waals surface area contributed by atoms with Crippen molar-refractivity contribution in [3.63, 3.8) is 0 Å². The van der Waals surface area contributed by atoms with Crippen molar-refractivity contribution in [3.8, 4) is 0 Å². The smallest absolute Gasteiger partial charge is 0.251 e. The lowest BCUT2D eigenvalue weighted by molar-refractivity contribution is 0.0955. The average Bonchev–Trinajstić information content (AvgIpc) is 2.53. The number of pyridine rings is 1. The molecule has 0 aliphatic rings. The van der Waals surface area contributed by atoms with Gasteiger partial charge in [0, 0.05) is 46.8 Å². The molecule has 0 radical (unpaired) electrons. The van der Waals surface area contributed by atoms with Crippen LogP contribution in [0, 0.1) is 0 Å². The van der Waals surface area contributed by atoms with Gasteiger partial charge in [-0.3, -0.25) is 9.00 Å². The molecule has 5 nitrogen and oxygen atoms in total. The molecule has 122 valence electrons. The summed E-state index contributed by atoms with van der Waals surface area (Å²) in [7, 11) is -1.05. The predicted molar refractivity (Wildman–Crippen MR) is 93.9 cm³/mol. The molecule has 1 aromatic heterocycles. The minimum absolute atomic E-state index is 0.199. The van der Waals surface area contributed by atoms with Crippen LogP contribution in [-0.4, -0.2) is 34.4 Å². The highest BCUT2D eigenvalue weighted by atomic mass is 35.5. The Labute approximate surface area is 146 Å². The van der Waals surface area contributed by atoms with Crippen LogP contribution >= 0.6 is 23.2 Å². The molecule has 2 rings (SSSR count). The lowest BCUT2D eigenvalue weighted by Gasteiger charge is -2.09. The molecule has 1 amide bonds. The first kappa shape index (κ1) is 17.7. The fourth-order valence-corrected chi connectivity index (χ4v) is 2.77. The van der Waals surface area contributed by atoms with Gasteiger partial charge in [0.2, 0.25) is 0 Å². The fourth-order valence-electron chi connectivity index (χ4n) is 1.80. The van der Waals surface area contributed by atoms with Crippen LogP contribution in [0.5, 0.6) is 0 Å². The lowest BCUT2D eigenvalue weighted by Crippen LogP contribution is -2.28. The summed E-state index contributed by atoms with van der Waals surface area (Å²) in [6.07, 6.45) is 3.09. The highest BCUT2D eigenvalue weighted by Gasteiger charge is 2.06. The Balaban J connectivity index is 1.81. The van der Waals surface area contributed by atoms with Gasteiger partial charge >= 0.3 is 0 Å². The molecule has 0 fully saturated rings. The van der Waals surface area contributed by atoms with E-state index >= 15 is 0 Å². The van der Waals surface area contributed by atoms with Gasteiger partial charge in [-0.25, -0.2) is 4.98 Å². The minimum Gasteiger partial charge on any atom is -0.367 e. The van der Waals surface area contributed by atoms with Crippen molar-refractivity contribution in [2.45, 2.75) is 4.90 Å². The minimum atomic E-state index is -1.05. The number of hydrogen-bond donors (Lipinski definition) is 2. The van der Waals surface area contributed by atoms with E-state index in [0.717, 1.165) is 0 Å². The topological polar surface area (TPSA) is 71.1 Å². The predicted octanol–water partition coefficient (Wildman–Crippen LogP) is 2.97. The number of carbonyl (C=O) groups is 1. The van der Waals surface area contributed by atoms with Crippen molar-refractivity contribution in [2.75, 3.05) is 24.7 Å². The molecule has 0 bridgehead atoms. The zero-order chi connectivity index (χ0) is 16.8. The average molecular weight is 372 g/mol. The van der Waals surface area contributed by atoms with E-state index in [1.807, 2.05) is 0 Å². The van der Waals surface area contributed by atoms with Gasteiger partial charge in [-0.15, -0.1) is 0 Å². The Kier molecular flexibility index (Phi) is 6.38. The summed E-state index contributed by atoms with van der Waals surface area (Å²) in [4.78, 5) is 16.7. The molecule has 0 aliphatic carbocycles. The molecule has 1 aromatic carbocycles. The molecule has 1 heterocycles. The van der Waals surface area contributed by atoms with E-state index in [9.17, 15) is 9.00 Å². The van der Waals surface area contributed by atoms with E-state index in [4.69, 9.17) is 23.2 Å². The molecule has 2 aromatic rings. The van der Waals surface area contributed by atoms with Crippen LogP contribution in [0.15, 0.2) is 41.4 Å². The molecule has 0 unspecified atom stereocenters. The number of nitrogens with zero attached hydrogens (tertiary/aromatic N) is 1. The van der Waals surface area contributed by atoms with Gasteiger partial charge in [0.15, 0.2) is 0 Å². The van der Waals surface area contributed by atoms with Gasteiger partial charge in [-0.2, -0.15) is 0 Å². The standard InChI is InChI=1S/C15H15Cl2N3O2S/c1-23(22)12-4-2-10(3-5-12)15(21)19-7-6-18-14-13(17)8-11(16)9-20-14/h2-5,8-9H,6-7H2,1H3,(H,18,20)(H,19,21)/t23-/m1/s1. The van der Waals surface area contributed by atoms with Crippen molar-refractivity contribution in [2.24, 2.45) is 0 Å². The summed E-state index contributed by atoms with van der Waals surface area (Å²) in [5.41, 5.74) is 0.516. The SMILES string of the molecule is C[S@@](=O)c1ccc(C(=O)NCCNc2ncc(Cl)cc2Cl)cc1. The third kappa shape index (κ3) is 5.20. The van der Waals surface area contributed by atoms with Crippen molar-refractivity contribution in [1.82, 2.24) is 10.3 Å². The summed E-state index contributed by atoms with van der Waals surface area (Å²) >= 11 is 11.8. The van der Waals surface area contributed by atoms with Crippen molar-refractivity contribution >= 4 is 45.7 Å². The van der Waals surface area contributed by atoms with Crippen molar-refractivity contribution < 1.29 is 9.00 Å². The first-order valence-electron chi connectivity index (χ1n) is 6.74. The number of carbonyl (C=O) groups excluding carboxylic acids is 1. The summed E-state index contributed by atoms with van der Waals surface area (Å²) in [6, 6.07) is 8.26. The summed E-state index contributed by atoms with van der Waals surface area (Å²) in [5.74, 6) is 0.315. The van der Waals surface area contributed by atoms with Crippen molar-refractivity contribution in [1.29, 1.82) is 0 Å².